The molecule has 5 nitrogen and oxygen atoms in total. The van der Waals surface area contributed by atoms with Crippen LogP contribution in [0.3, 0.4) is 0 Å². The Morgan fingerprint density at radius 3 is 3.00 bits per heavy atom. The highest BCUT2D eigenvalue weighted by Gasteiger charge is 2.27. The van der Waals surface area contributed by atoms with Gasteiger partial charge in [0.25, 0.3) is 0 Å². The van der Waals surface area contributed by atoms with Gasteiger partial charge in [0.2, 0.25) is 5.91 Å². The molecule has 2 rings (SSSR count). The highest BCUT2D eigenvalue weighted by atomic mass is 16.5. The smallest absolute Gasteiger partial charge is 0.227 e. The van der Waals surface area contributed by atoms with Crippen molar-refractivity contribution in [2.75, 3.05) is 25.4 Å². The van der Waals surface area contributed by atoms with Crippen molar-refractivity contribution >= 4 is 11.6 Å². The number of benzene rings is 1. The summed E-state index contributed by atoms with van der Waals surface area (Å²) in [6.07, 6.45) is -0.000137. The van der Waals surface area contributed by atoms with E-state index in [1.165, 1.54) is 0 Å². The molecule has 1 amide bonds. The number of hydrogen-bond acceptors (Lipinski definition) is 4. The Balaban J connectivity index is 1.99. The van der Waals surface area contributed by atoms with E-state index in [1.54, 1.807) is 11.0 Å². The van der Waals surface area contributed by atoms with E-state index in [9.17, 15) is 4.79 Å². The molecule has 0 radical (unpaired) electrons. The first-order valence-electron chi connectivity index (χ1n) is 6.47. The maximum absolute atomic E-state index is 12.2. The summed E-state index contributed by atoms with van der Waals surface area (Å²) in [7, 11) is 0. The summed E-state index contributed by atoms with van der Waals surface area (Å²) in [4.78, 5) is 14.0. The minimum absolute atomic E-state index is 0.0409. The summed E-state index contributed by atoms with van der Waals surface area (Å²) >= 11 is 0. The second-order valence-electron chi connectivity index (χ2n) is 4.97. The summed E-state index contributed by atoms with van der Waals surface area (Å²) in [5.41, 5.74) is 7.27. The first-order chi connectivity index (χ1) is 9.08. The Labute approximate surface area is 113 Å². The number of nitrogen functional groups attached to an aromatic ring is 1. The van der Waals surface area contributed by atoms with Gasteiger partial charge in [0.1, 0.15) is 0 Å². The number of carbonyl (C=O) groups excluding carboxylic acids is 1. The van der Waals surface area contributed by atoms with Crippen molar-refractivity contribution < 1.29 is 14.6 Å². The van der Waals surface area contributed by atoms with Crippen molar-refractivity contribution in [3.63, 3.8) is 0 Å². The maximum Gasteiger partial charge on any atom is 0.227 e. The van der Waals surface area contributed by atoms with Crippen LogP contribution in [0.5, 0.6) is 0 Å². The van der Waals surface area contributed by atoms with E-state index in [2.05, 4.69) is 0 Å². The van der Waals surface area contributed by atoms with Gasteiger partial charge in [-0.15, -0.1) is 0 Å². The van der Waals surface area contributed by atoms with Crippen molar-refractivity contribution in [2.45, 2.75) is 25.6 Å². The monoisotopic (exact) mass is 264 g/mol. The standard InChI is InChI=1S/C14H20N2O3/c1-10-7-16(8-13(9-17)19-10)14(18)6-11-3-2-4-12(15)5-11/h2-5,10,13,17H,6-9,15H2,1H3. The van der Waals surface area contributed by atoms with E-state index >= 15 is 0 Å². The molecule has 2 unspecified atom stereocenters. The Hall–Kier alpha value is -1.59. The van der Waals surface area contributed by atoms with Crippen LogP contribution in [0.15, 0.2) is 24.3 Å². The van der Waals surface area contributed by atoms with E-state index in [1.807, 2.05) is 25.1 Å². The molecule has 1 saturated heterocycles. The molecule has 1 aromatic rings. The quantitative estimate of drug-likeness (QED) is 0.776. The first kappa shape index (κ1) is 13.8. The lowest BCUT2D eigenvalue weighted by Crippen LogP contribution is -2.50. The topological polar surface area (TPSA) is 75.8 Å². The maximum atomic E-state index is 12.2. The highest BCUT2D eigenvalue weighted by molar-refractivity contribution is 5.79. The number of nitrogens with two attached hydrogens (primary N) is 1. The molecule has 0 spiro atoms. The zero-order valence-electron chi connectivity index (χ0n) is 11.1. The van der Waals surface area contributed by atoms with Crippen LogP contribution in [0.1, 0.15) is 12.5 Å². The van der Waals surface area contributed by atoms with E-state index < -0.39 is 0 Å². The Morgan fingerprint density at radius 1 is 1.53 bits per heavy atom. The lowest BCUT2D eigenvalue weighted by atomic mass is 10.1. The van der Waals surface area contributed by atoms with Crippen LogP contribution in [0, 0.1) is 0 Å². The number of ether oxygens (including phenoxy) is 1. The van der Waals surface area contributed by atoms with Gasteiger partial charge in [-0.1, -0.05) is 12.1 Å². The second-order valence-corrected chi connectivity index (χ2v) is 4.97. The molecule has 0 bridgehead atoms. The van der Waals surface area contributed by atoms with Gasteiger partial charge in [-0.05, 0) is 24.6 Å². The normalized spacial score (nSPS) is 23.4. The third kappa shape index (κ3) is 3.68. The van der Waals surface area contributed by atoms with Gasteiger partial charge in [0, 0.05) is 18.8 Å². The number of hydrogen-bond donors (Lipinski definition) is 2. The summed E-state index contributed by atoms with van der Waals surface area (Å²) in [5, 5.41) is 9.15. The van der Waals surface area contributed by atoms with Gasteiger partial charge in [0.15, 0.2) is 0 Å². The number of aliphatic hydroxyl groups is 1. The van der Waals surface area contributed by atoms with Gasteiger partial charge in [-0.2, -0.15) is 0 Å². The number of nitrogens with zero attached hydrogens (tertiary/aromatic N) is 1. The molecule has 1 fully saturated rings. The van der Waals surface area contributed by atoms with Crippen LogP contribution in [0.2, 0.25) is 0 Å². The molecule has 5 heteroatoms. The van der Waals surface area contributed by atoms with Crippen molar-refractivity contribution in [3.8, 4) is 0 Å². The predicted molar refractivity (Wildman–Crippen MR) is 72.6 cm³/mol. The Kier molecular flexibility index (Phi) is 4.39. The zero-order valence-corrected chi connectivity index (χ0v) is 11.1. The molecule has 3 N–H and O–H groups in total. The van der Waals surface area contributed by atoms with Crippen LogP contribution >= 0.6 is 0 Å². The molecule has 19 heavy (non-hydrogen) atoms. The number of morpholine rings is 1. The van der Waals surface area contributed by atoms with Gasteiger partial charge < -0.3 is 20.5 Å². The van der Waals surface area contributed by atoms with Gasteiger partial charge >= 0.3 is 0 Å². The minimum atomic E-state index is -0.284. The van der Waals surface area contributed by atoms with Crippen molar-refractivity contribution in [1.29, 1.82) is 0 Å². The molecule has 1 heterocycles. The average molecular weight is 264 g/mol. The van der Waals surface area contributed by atoms with Crippen LogP contribution in [-0.2, 0) is 16.0 Å². The SMILES string of the molecule is CC1CN(C(=O)Cc2cccc(N)c2)CC(CO)O1. The molecule has 1 aromatic carbocycles. The van der Waals surface area contributed by atoms with Gasteiger partial charge in [-0.25, -0.2) is 0 Å². The lowest BCUT2D eigenvalue weighted by Gasteiger charge is -2.36. The fourth-order valence-electron chi connectivity index (χ4n) is 2.34. The summed E-state index contributed by atoms with van der Waals surface area (Å²) in [5.74, 6) is 0.0409. The summed E-state index contributed by atoms with van der Waals surface area (Å²) in [6.45, 7) is 2.86. The third-order valence-electron chi connectivity index (χ3n) is 3.19. The van der Waals surface area contributed by atoms with Crippen LogP contribution in [0.25, 0.3) is 0 Å². The molecule has 2 atom stereocenters. The highest BCUT2D eigenvalue weighted by Crippen LogP contribution is 2.14. The summed E-state index contributed by atoms with van der Waals surface area (Å²) in [6, 6.07) is 7.34. The first-order valence-corrected chi connectivity index (χ1v) is 6.47. The summed E-state index contributed by atoms with van der Waals surface area (Å²) < 4.78 is 5.52. The molecular formula is C14H20N2O3. The molecule has 104 valence electrons. The third-order valence-corrected chi connectivity index (χ3v) is 3.19. The lowest BCUT2D eigenvalue weighted by molar-refractivity contribution is -0.146. The molecule has 1 aliphatic heterocycles. The Morgan fingerprint density at radius 2 is 2.32 bits per heavy atom. The van der Waals surface area contributed by atoms with E-state index in [0.29, 0.717) is 25.2 Å². The average Bonchev–Trinajstić information content (AvgIpc) is 2.38. The number of amides is 1. The molecule has 0 saturated carbocycles. The minimum Gasteiger partial charge on any atom is -0.399 e. The molecule has 0 aliphatic carbocycles. The molecular weight excluding hydrogens is 244 g/mol. The van der Waals surface area contributed by atoms with Crippen LogP contribution < -0.4 is 5.73 Å². The van der Waals surface area contributed by atoms with E-state index in [4.69, 9.17) is 15.6 Å². The fourth-order valence-corrected chi connectivity index (χ4v) is 2.34. The van der Waals surface area contributed by atoms with E-state index in [-0.39, 0.29) is 24.7 Å². The zero-order chi connectivity index (χ0) is 13.8. The van der Waals surface area contributed by atoms with Crippen molar-refractivity contribution in [2.24, 2.45) is 0 Å². The molecule has 0 aromatic heterocycles. The number of aliphatic hydroxyl groups excluding tert-OH is 1. The van der Waals surface area contributed by atoms with Gasteiger partial charge in [-0.3, -0.25) is 4.79 Å². The van der Waals surface area contributed by atoms with Crippen LogP contribution in [-0.4, -0.2) is 47.8 Å². The second kappa shape index (κ2) is 6.04. The number of rotatable bonds is 3. The van der Waals surface area contributed by atoms with Crippen molar-refractivity contribution in [3.05, 3.63) is 29.8 Å². The largest absolute Gasteiger partial charge is 0.399 e. The van der Waals surface area contributed by atoms with Gasteiger partial charge in [0.05, 0.1) is 25.2 Å². The van der Waals surface area contributed by atoms with E-state index in [0.717, 1.165) is 5.56 Å². The Bertz CT molecular complexity index is 450. The van der Waals surface area contributed by atoms with Crippen LogP contribution in [0.4, 0.5) is 5.69 Å². The molecule has 1 aliphatic rings. The fraction of sp³-hybridized carbons (Fsp3) is 0.500. The number of anilines is 1. The number of carbonyl (C=O) groups is 1. The predicted octanol–water partition coefficient (Wildman–Crippen LogP) is 0.420. The van der Waals surface area contributed by atoms with Crippen molar-refractivity contribution in [1.82, 2.24) is 4.90 Å².